The van der Waals surface area contributed by atoms with Crippen molar-refractivity contribution >= 4 is 0 Å². The fourth-order valence-corrected chi connectivity index (χ4v) is 0. The number of hydrogen-bond donors (Lipinski definition) is 0. The van der Waals surface area contributed by atoms with E-state index in [1.165, 1.54) is 0 Å². The van der Waals surface area contributed by atoms with Crippen LogP contribution in [-0.2, 0) is 75.0 Å². The third-order valence-electron chi connectivity index (χ3n) is 0. The van der Waals surface area contributed by atoms with Crippen LogP contribution in [0.4, 0.5) is 0 Å². The molecule has 0 heterocycles. The molecule has 0 aliphatic carbocycles. The first kappa shape index (κ1) is 468. The summed E-state index contributed by atoms with van der Waals surface area (Å²) in [6.45, 7) is 0. The molecule has 0 spiro atoms. The summed E-state index contributed by atoms with van der Waals surface area (Å²) in [6.07, 6.45) is 0. The average molecular weight is 376 g/mol. The van der Waals surface area contributed by atoms with Crippen molar-refractivity contribution in [2.75, 3.05) is 0 Å². The van der Waals surface area contributed by atoms with E-state index in [-0.39, 0.29) is 75.0 Å². The van der Waals surface area contributed by atoms with E-state index in [0.717, 1.165) is 0 Å². The van der Waals surface area contributed by atoms with Crippen LogP contribution in [-0.4, -0.2) is 0 Å². The molecule has 8 heteroatoms. The Bertz CT molecular complexity index is 8.49. The molecule has 8 heavy (non-hydrogen) atoms. The molecule has 0 atom stereocenters. The van der Waals surface area contributed by atoms with Crippen LogP contribution < -0.4 is 0 Å². The van der Waals surface area contributed by atoms with E-state index < -0.39 is 0 Å². The summed E-state index contributed by atoms with van der Waals surface area (Å²) >= 11 is 0. The van der Waals surface area contributed by atoms with Gasteiger partial charge in [-0.3, -0.25) is 0 Å². The zero-order valence-electron chi connectivity index (χ0n) is 3.27. The van der Waals surface area contributed by atoms with E-state index >= 15 is 0 Å². The summed E-state index contributed by atoms with van der Waals surface area (Å²) in [5.74, 6) is 0. The SMILES string of the molecule is [Mo].[O-2].[O-2].[O-2].[O-2].[O-2].[O-2].[W]. The Morgan fingerprint density at radius 1 is 0.375 bits per heavy atom. The Balaban J connectivity index is 0. The first-order valence-corrected chi connectivity index (χ1v) is 0. The van der Waals surface area contributed by atoms with Gasteiger partial charge in [-0.05, 0) is 0 Å². The van der Waals surface area contributed by atoms with Crippen molar-refractivity contribution in [3.05, 3.63) is 0 Å². The summed E-state index contributed by atoms with van der Waals surface area (Å²) in [6, 6.07) is 0. The van der Waals surface area contributed by atoms with Crippen LogP contribution in [0, 0.1) is 0 Å². The Morgan fingerprint density at radius 3 is 0.375 bits per heavy atom. The largest absolute Gasteiger partial charge is 2.00 e. The molecule has 0 rings (SSSR count). The minimum atomic E-state index is 0. The Hall–Kier alpha value is 1.14. The van der Waals surface area contributed by atoms with Crippen LogP contribution in [0.25, 0.3) is 0 Å². The molecule has 0 aliphatic heterocycles. The zero-order valence-corrected chi connectivity index (χ0v) is 8.21. The fourth-order valence-electron chi connectivity index (χ4n) is 0. The predicted molar refractivity (Wildman–Crippen MR) is 4.12 cm³/mol. The summed E-state index contributed by atoms with van der Waals surface area (Å²) in [5, 5.41) is 0. The maximum atomic E-state index is 0. The van der Waals surface area contributed by atoms with Gasteiger partial charge in [0.15, 0.2) is 0 Å². The van der Waals surface area contributed by atoms with Crippen LogP contribution in [0.2, 0.25) is 0 Å². The Morgan fingerprint density at radius 2 is 0.375 bits per heavy atom. The van der Waals surface area contributed by atoms with E-state index in [0.29, 0.717) is 0 Å². The molecule has 0 aromatic rings. The monoisotopic (exact) mass is 378 g/mol. The second kappa shape index (κ2) is 321. The van der Waals surface area contributed by atoms with Gasteiger partial charge in [0.1, 0.15) is 0 Å². The van der Waals surface area contributed by atoms with Crippen molar-refractivity contribution in [2.24, 2.45) is 0 Å². The molecule has 0 radical (unpaired) electrons. The van der Waals surface area contributed by atoms with Crippen LogP contribution in [0.1, 0.15) is 0 Å². The third-order valence-corrected chi connectivity index (χ3v) is 0. The van der Waals surface area contributed by atoms with Gasteiger partial charge < -0.3 is 32.9 Å². The Kier molecular flexibility index (Phi) is 18800. The first-order chi connectivity index (χ1) is 0. The smallest absolute Gasteiger partial charge is 0 e. The molecule has 0 N–H and O–H groups in total. The molecule has 0 saturated heterocycles. The van der Waals surface area contributed by atoms with Crippen LogP contribution in [0.5, 0.6) is 0 Å². The molecule has 0 bridgehead atoms. The van der Waals surface area contributed by atoms with Gasteiger partial charge in [0.05, 0.1) is 0 Å². The third kappa shape index (κ3) is 208. The second-order valence-electron chi connectivity index (χ2n) is 0. The quantitative estimate of drug-likeness (QED) is 0.487. The summed E-state index contributed by atoms with van der Waals surface area (Å²) < 4.78 is 0. The maximum absolute atomic E-state index is 0. The molecule has 60 valence electrons. The fraction of sp³-hybridized carbons (Fsp3) is 0. The average Bonchev–Trinajstić information content (AvgIpc) is 0. The minimum Gasteiger partial charge on any atom is -2.00 e. The molecule has 0 saturated carbocycles. The van der Waals surface area contributed by atoms with Gasteiger partial charge in [-0.1, -0.05) is 0 Å². The first-order valence-electron chi connectivity index (χ1n) is 0. The van der Waals surface area contributed by atoms with E-state index in [1.54, 1.807) is 0 Å². The minimum absolute atomic E-state index is 0. The van der Waals surface area contributed by atoms with E-state index in [9.17, 15) is 0 Å². The van der Waals surface area contributed by atoms with Crippen LogP contribution >= 0.6 is 0 Å². The standard InChI is InChI=1S/Mo.6O.W/q;6*-2;. The van der Waals surface area contributed by atoms with Gasteiger partial charge in [0.2, 0.25) is 0 Å². The topological polar surface area (TPSA) is 171 Å². The van der Waals surface area contributed by atoms with Crippen LogP contribution in [0.3, 0.4) is 0 Å². The molecule has 0 aliphatic rings. The van der Waals surface area contributed by atoms with Gasteiger partial charge >= 0.3 is 0 Å². The van der Waals surface area contributed by atoms with Crippen molar-refractivity contribution in [3.63, 3.8) is 0 Å². The van der Waals surface area contributed by atoms with Crippen molar-refractivity contribution in [1.29, 1.82) is 0 Å². The van der Waals surface area contributed by atoms with E-state index in [4.69, 9.17) is 0 Å². The number of hydrogen-bond acceptors (Lipinski definition) is 0. The predicted octanol–water partition coefficient (Wildman–Crippen LogP) is -0.718. The van der Waals surface area contributed by atoms with Gasteiger partial charge in [-0.2, -0.15) is 0 Å². The van der Waals surface area contributed by atoms with E-state index in [2.05, 4.69) is 0 Å². The summed E-state index contributed by atoms with van der Waals surface area (Å²) in [7, 11) is 0. The van der Waals surface area contributed by atoms with Crippen LogP contribution in [0.15, 0.2) is 0 Å². The molecule has 6 nitrogen and oxygen atoms in total. The maximum Gasteiger partial charge on any atom is 0 e. The van der Waals surface area contributed by atoms with Gasteiger partial charge in [0.25, 0.3) is 0 Å². The van der Waals surface area contributed by atoms with Gasteiger partial charge in [-0.25, -0.2) is 0 Å². The normalized spacial score (nSPS) is 0. The van der Waals surface area contributed by atoms with Gasteiger partial charge in [-0.15, -0.1) is 0 Å². The summed E-state index contributed by atoms with van der Waals surface area (Å²) in [5.41, 5.74) is 0. The second-order valence-corrected chi connectivity index (χ2v) is 0. The van der Waals surface area contributed by atoms with E-state index in [1.807, 2.05) is 0 Å². The molecule has 0 unspecified atom stereocenters. The molecule has 0 aromatic carbocycles. The molecular weight excluding hydrogens is 376 g/mol. The zero-order chi connectivity index (χ0) is 0. The van der Waals surface area contributed by atoms with Crippen molar-refractivity contribution in [1.82, 2.24) is 0 Å². The van der Waals surface area contributed by atoms with Crippen molar-refractivity contribution in [3.8, 4) is 0 Å². The summed E-state index contributed by atoms with van der Waals surface area (Å²) in [4.78, 5) is 0. The molecule has 0 fully saturated rings. The van der Waals surface area contributed by atoms with Crippen molar-refractivity contribution < 1.29 is 75.0 Å². The molecular formula is MoO6W-12. The molecule has 0 aromatic heterocycles. The molecule has 0 amide bonds. The Labute approximate surface area is 75.0 Å². The van der Waals surface area contributed by atoms with Crippen molar-refractivity contribution in [2.45, 2.75) is 0 Å². The number of rotatable bonds is 0. The van der Waals surface area contributed by atoms with Gasteiger partial charge in [0, 0.05) is 42.1 Å².